The molecule has 0 spiro atoms. The minimum atomic E-state index is -3.97. The normalized spacial score (nSPS) is 11.4. The topological polar surface area (TPSA) is 34.1 Å². The Labute approximate surface area is 103 Å². The monoisotopic (exact) mass is 270 g/mol. The molecule has 0 aliphatic carbocycles. The Morgan fingerprint density at radius 2 is 1.59 bits per heavy atom. The van der Waals surface area contributed by atoms with E-state index in [0.29, 0.717) is 5.56 Å². The van der Waals surface area contributed by atoms with Crippen LogP contribution in [-0.4, -0.2) is 8.42 Å². The van der Waals surface area contributed by atoms with Gasteiger partial charge >= 0.3 is 0 Å². The van der Waals surface area contributed by atoms with E-state index in [4.69, 9.17) is 10.7 Å². The highest BCUT2D eigenvalue weighted by Gasteiger charge is 2.19. The van der Waals surface area contributed by atoms with Crippen LogP contribution < -0.4 is 0 Å². The van der Waals surface area contributed by atoms with Crippen molar-refractivity contribution in [1.82, 2.24) is 0 Å². The molecule has 0 saturated heterocycles. The van der Waals surface area contributed by atoms with Crippen LogP contribution in [0.1, 0.15) is 0 Å². The third-order valence-electron chi connectivity index (χ3n) is 2.30. The summed E-state index contributed by atoms with van der Waals surface area (Å²) in [5.74, 6) is -0.613. The number of halogens is 2. The van der Waals surface area contributed by atoms with Crippen molar-refractivity contribution in [2.24, 2.45) is 0 Å². The average molecular weight is 271 g/mol. The average Bonchev–Trinajstić information content (AvgIpc) is 2.28. The second-order valence-electron chi connectivity index (χ2n) is 3.42. The van der Waals surface area contributed by atoms with E-state index in [1.165, 1.54) is 18.2 Å². The van der Waals surface area contributed by atoms with Gasteiger partial charge in [0.2, 0.25) is 0 Å². The van der Waals surface area contributed by atoms with Crippen molar-refractivity contribution in [3.8, 4) is 11.1 Å². The molecular formula is C12H8ClFO2S. The zero-order valence-corrected chi connectivity index (χ0v) is 10.2. The molecule has 0 amide bonds. The quantitative estimate of drug-likeness (QED) is 0.784. The molecule has 0 aliphatic heterocycles. The molecule has 0 saturated carbocycles. The number of rotatable bonds is 2. The Balaban J connectivity index is 2.78. The van der Waals surface area contributed by atoms with Gasteiger partial charge < -0.3 is 0 Å². The van der Waals surface area contributed by atoms with Crippen molar-refractivity contribution in [3.05, 3.63) is 54.3 Å². The van der Waals surface area contributed by atoms with Gasteiger partial charge in [0.25, 0.3) is 9.05 Å². The van der Waals surface area contributed by atoms with Crippen molar-refractivity contribution >= 4 is 19.7 Å². The van der Waals surface area contributed by atoms with Gasteiger partial charge in [0.1, 0.15) is 5.82 Å². The third kappa shape index (κ3) is 2.48. The maximum Gasteiger partial charge on any atom is 0.262 e. The van der Waals surface area contributed by atoms with Crippen LogP contribution in [0.4, 0.5) is 4.39 Å². The van der Waals surface area contributed by atoms with E-state index in [-0.39, 0.29) is 10.5 Å². The highest BCUT2D eigenvalue weighted by atomic mass is 35.7. The van der Waals surface area contributed by atoms with Gasteiger partial charge in [-0.2, -0.15) is 0 Å². The summed E-state index contributed by atoms with van der Waals surface area (Å²) in [4.78, 5) is -0.217. The highest BCUT2D eigenvalue weighted by Crippen LogP contribution is 2.31. The minimum Gasteiger partial charge on any atom is -0.207 e. The maximum atomic E-state index is 13.7. The Morgan fingerprint density at radius 3 is 2.18 bits per heavy atom. The van der Waals surface area contributed by atoms with Crippen molar-refractivity contribution in [1.29, 1.82) is 0 Å². The molecule has 2 nitrogen and oxygen atoms in total. The molecule has 0 unspecified atom stereocenters. The molecule has 17 heavy (non-hydrogen) atoms. The summed E-state index contributed by atoms with van der Waals surface area (Å²) in [7, 11) is 1.32. The van der Waals surface area contributed by atoms with E-state index in [1.807, 2.05) is 0 Å². The molecule has 88 valence electrons. The fourth-order valence-electron chi connectivity index (χ4n) is 1.59. The number of benzene rings is 2. The molecule has 0 heterocycles. The van der Waals surface area contributed by atoms with Gasteiger partial charge in [-0.05, 0) is 17.7 Å². The molecule has 0 radical (unpaired) electrons. The molecule has 2 rings (SSSR count). The third-order valence-corrected chi connectivity index (χ3v) is 3.66. The Morgan fingerprint density at radius 1 is 0.941 bits per heavy atom. The van der Waals surface area contributed by atoms with Crippen LogP contribution in [-0.2, 0) is 9.05 Å². The van der Waals surface area contributed by atoms with Crippen LogP contribution in [0.25, 0.3) is 11.1 Å². The molecule has 5 heteroatoms. The van der Waals surface area contributed by atoms with Gasteiger partial charge in [0.15, 0.2) is 0 Å². The number of hydrogen-bond donors (Lipinski definition) is 0. The summed E-state index contributed by atoms with van der Waals surface area (Å²) in [5, 5.41) is 0. The fourth-order valence-corrected chi connectivity index (χ4v) is 2.68. The predicted octanol–water partition coefficient (Wildman–Crippen LogP) is 3.42. The van der Waals surface area contributed by atoms with Crippen LogP contribution in [0.2, 0.25) is 0 Å². The summed E-state index contributed by atoms with van der Waals surface area (Å²) in [6.45, 7) is 0. The first kappa shape index (κ1) is 12.1. The van der Waals surface area contributed by atoms with Gasteiger partial charge in [0.05, 0.1) is 4.90 Å². The molecule has 0 aliphatic rings. The second-order valence-corrected chi connectivity index (χ2v) is 5.95. The first-order valence-electron chi connectivity index (χ1n) is 4.79. The first-order chi connectivity index (χ1) is 8.00. The minimum absolute atomic E-state index is 0.00287. The van der Waals surface area contributed by atoms with Crippen LogP contribution >= 0.6 is 10.7 Å². The van der Waals surface area contributed by atoms with Gasteiger partial charge in [-0.15, -0.1) is 0 Å². The van der Waals surface area contributed by atoms with Crippen LogP contribution in [0.5, 0.6) is 0 Å². The van der Waals surface area contributed by atoms with E-state index < -0.39 is 14.9 Å². The predicted molar refractivity (Wildman–Crippen MR) is 64.9 cm³/mol. The molecule has 0 aromatic heterocycles. The van der Waals surface area contributed by atoms with Crippen molar-refractivity contribution < 1.29 is 12.8 Å². The summed E-state index contributed by atoms with van der Waals surface area (Å²) in [5.41, 5.74) is 0.480. The van der Waals surface area contributed by atoms with E-state index in [0.717, 1.165) is 0 Å². The van der Waals surface area contributed by atoms with E-state index >= 15 is 0 Å². The van der Waals surface area contributed by atoms with Gasteiger partial charge in [-0.1, -0.05) is 36.4 Å². The smallest absolute Gasteiger partial charge is 0.207 e. The van der Waals surface area contributed by atoms with Crippen LogP contribution in [0.15, 0.2) is 53.4 Å². The zero-order valence-electron chi connectivity index (χ0n) is 8.60. The molecule has 0 N–H and O–H groups in total. The molecule has 0 bridgehead atoms. The maximum absolute atomic E-state index is 13.7. The van der Waals surface area contributed by atoms with E-state index in [9.17, 15) is 12.8 Å². The van der Waals surface area contributed by atoms with Gasteiger partial charge in [-0.3, -0.25) is 0 Å². The lowest BCUT2D eigenvalue weighted by Crippen LogP contribution is -1.97. The first-order valence-corrected chi connectivity index (χ1v) is 7.09. The largest absolute Gasteiger partial charge is 0.262 e. The van der Waals surface area contributed by atoms with Gasteiger partial charge in [0, 0.05) is 16.2 Å². The molecule has 0 atom stereocenters. The fraction of sp³-hybridized carbons (Fsp3) is 0. The lowest BCUT2D eigenvalue weighted by atomic mass is 10.1. The summed E-state index contributed by atoms with van der Waals surface area (Å²) in [6, 6.07) is 12.2. The highest BCUT2D eigenvalue weighted by molar-refractivity contribution is 8.13. The Kier molecular flexibility index (Phi) is 3.17. The van der Waals surface area contributed by atoms with Crippen molar-refractivity contribution in [3.63, 3.8) is 0 Å². The molecule has 2 aromatic carbocycles. The lowest BCUT2D eigenvalue weighted by Gasteiger charge is -2.07. The standard InChI is InChI=1S/C12H8ClFO2S/c13-17(15,16)11-8-4-7-10(14)12(11)9-5-2-1-3-6-9/h1-8H. The Bertz CT molecular complexity index is 639. The van der Waals surface area contributed by atoms with Crippen LogP contribution in [0, 0.1) is 5.82 Å². The summed E-state index contributed by atoms with van der Waals surface area (Å²) >= 11 is 0. The number of hydrogen-bond acceptors (Lipinski definition) is 2. The summed E-state index contributed by atoms with van der Waals surface area (Å²) < 4.78 is 36.5. The van der Waals surface area contributed by atoms with E-state index in [2.05, 4.69) is 0 Å². The SMILES string of the molecule is O=S(=O)(Cl)c1cccc(F)c1-c1ccccc1. The lowest BCUT2D eigenvalue weighted by molar-refractivity contribution is 0.604. The van der Waals surface area contributed by atoms with Crippen molar-refractivity contribution in [2.45, 2.75) is 4.90 Å². The molecule has 2 aromatic rings. The zero-order chi connectivity index (χ0) is 12.5. The van der Waals surface area contributed by atoms with Crippen LogP contribution in [0.3, 0.4) is 0 Å². The molecule has 0 fully saturated rings. The second kappa shape index (κ2) is 4.47. The molecular weight excluding hydrogens is 263 g/mol. The van der Waals surface area contributed by atoms with E-state index in [1.54, 1.807) is 30.3 Å². The van der Waals surface area contributed by atoms with Crippen molar-refractivity contribution in [2.75, 3.05) is 0 Å². The van der Waals surface area contributed by atoms with Gasteiger partial charge in [-0.25, -0.2) is 12.8 Å². The summed E-state index contributed by atoms with van der Waals surface area (Å²) in [6.07, 6.45) is 0. The Hall–Kier alpha value is -1.39.